The molecule has 1 aromatic carbocycles. The summed E-state index contributed by atoms with van der Waals surface area (Å²) >= 11 is 0. The molecule has 0 unspecified atom stereocenters. The molecule has 2 N–H and O–H groups in total. The van der Waals surface area contributed by atoms with Crippen LogP contribution < -0.4 is 5.73 Å². The highest BCUT2D eigenvalue weighted by atomic mass is 35.5. The fraction of sp³-hybridized carbons (Fsp3) is 0.400. The fourth-order valence-electron chi connectivity index (χ4n) is 1.36. The van der Waals surface area contributed by atoms with Crippen LogP contribution in [0.15, 0.2) is 18.2 Å². The quantitative estimate of drug-likeness (QED) is 0.813. The van der Waals surface area contributed by atoms with E-state index in [4.69, 9.17) is 5.73 Å². The monoisotopic (exact) mass is 311 g/mol. The lowest BCUT2D eigenvalue weighted by Gasteiger charge is -2.16. The van der Waals surface area contributed by atoms with Gasteiger partial charge in [0.25, 0.3) is 0 Å². The molecule has 0 bridgehead atoms. The summed E-state index contributed by atoms with van der Waals surface area (Å²) in [6.07, 6.45) is -11.0. The molecule has 110 valence electrons. The summed E-state index contributed by atoms with van der Waals surface area (Å²) in [7, 11) is 0. The molecule has 1 aromatic rings. The van der Waals surface area contributed by atoms with E-state index in [1.807, 2.05) is 0 Å². The van der Waals surface area contributed by atoms with Crippen LogP contribution in [0.1, 0.15) is 23.6 Å². The van der Waals surface area contributed by atoms with Crippen LogP contribution in [0.3, 0.4) is 0 Å². The highest BCUT2D eigenvalue weighted by Gasteiger charge is 2.34. The van der Waals surface area contributed by atoms with Gasteiger partial charge in [-0.25, -0.2) is 4.39 Å². The van der Waals surface area contributed by atoms with Crippen LogP contribution in [0, 0.1) is 5.82 Å². The standard InChI is InChI=1S/C10H8F7N.ClH/c11-7-2-5(8(18)4-9(12,13)14)1-6(3-7)10(15,16)17;/h1-3,8H,4,18H2;1H/t8-;/m1./s1. The summed E-state index contributed by atoms with van der Waals surface area (Å²) in [4.78, 5) is 0. The number of hydrogen-bond acceptors (Lipinski definition) is 1. The Morgan fingerprint density at radius 2 is 1.53 bits per heavy atom. The van der Waals surface area contributed by atoms with Crippen molar-refractivity contribution in [3.8, 4) is 0 Å². The number of alkyl halides is 6. The van der Waals surface area contributed by atoms with Crippen LogP contribution in [0.5, 0.6) is 0 Å². The highest BCUT2D eigenvalue weighted by Crippen LogP contribution is 2.33. The van der Waals surface area contributed by atoms with Crippen molar-refractivity contribution in [2.45, 2.75) is 24.8 Å². The smallest absolute Gasteiger partial charge is 0.324 e. The third kappa shape index (κ3) is 5.65. The van der Waals surface area contributed by atoms with Gasteiger partial charge in [0.15, 0.2) is 0 Å². The molecule has 0 saturated heterocycles. The second kappa shape index (κ2) is 5.96. The zero-order chi connectivity index (χ0) is 14.1. The first-order valence-corrected chi connectivity index (χ1v) is 4.69. The Balaban J connectivity index is 0.00000324. The highest BCUT2D eigenvalue weighted by molar-refractivity contribution is 5.85. The Hall–Kier alpha value is -1.02. The van der Waals surface area contributed by atoms with E-state index >= 15 is 0 Å². The van der Waals surface area contributed by atoms with Gasteiger partial charge in [-0.1, -0.05) is 0 Å². The Bertz CT molecular complexity index is 427. The van der Waals surface area contributed by atoms with Crippen molar-refractivity contribution in [1.82, 2.24) is 0 Å². The van der Waals surface area contributed by atoms with E-state index in [9.17, 15) is 30.7 Å². The van der Waals surface area contributed by atoms with Crippen molar-refractivity contribution in [1.29, 1.82) is 0 Å². The van der Waals surface area contributed by atoms with Gasteiger partial charge in [0.2, 0.25) is 0 Å². The molecule has 0 fully saturated rings. The van der Waals surface area contributed by atoms with E-state index in [0.717, 1.165) is 0 Å². The summed E-state index contributed by atoms with van der Waals surface area (Å²) in [6, 6.07) is -0.559. The Morgan fingerprint density at radius 1 is 1.00 bits per heavy atom. The number of rotatable bonds is 2. The summed E-state index contributed by atoms with van der Waals surface area (Å²) < 4.78 is 86.0. The molecule has 0 saturated carbocycles. The average molecular weight is 312 g/mol. The predicted octanol–water partition coefficient (Wildman–Crippen LogP) is 4.22. The lowest BCUT2D eigenvalue weighted by molar-refractivity contribution is -0.138. The minimum atomic E-state index is -4.84. The van der Waals surface area contributed by atoms with E-state index in [2.05, 4.69) is 0 Å². The van der Waals surface area contributed by atoms with Crippen molar-refractivity contribution in [3.05, 3.63) is 35.1 Å². The molecule has 1 rings (SSSR count). The SMILES string of the molecule is Cl.N[C@H](CC(F)(F)F)c1cc(F)cc(C(F)(F)F)c1. The lowest BCUT2D eigenvalue weighted by Crippen LogP contribution is -2.21. The first-order chi connectivity index (χ1) is 7.99. The minimum absolute atomic E-state index is 0. The summed E-state index contributed by atoms with van der Waals surface area (Å²) in [6.45, 7) is 0. The van der Waals surface area contributed by atoms with Gasteiger partial charge in [0, 0.05) is 6.04 Å². The fourth-order valence-corrected chi connectivity index (χ4v) is 1.36. The Kier molecular flexibility index (Phi) is 5.64. The lowest BCUT2D eigenvalue weighted by atomic mass is 10.0. The van der Waals surface area contributed by atoms with Crippen LogP contribution in [0.2, 0.25) is 0 Å². The Morgan fingerprint density at radius 3 is 1.95 bits per heavy atom. The predicted molar refractivity (Wildman–Crippen MR) is 56.3 cm³/mol. The van der Waals surface area contributed by atoms with Crippen molar-refractivity contribution in [2.24, 2.45) is 5.73 Å². The third-order valence-electron chi connectivity index (χ3n) is 2.13. The molecule has 1 atom stereocenters. The molecule has 0 aliphatic rings. The van der Waals surface area contributed by atoms with E-state index < -0.39 is 41.8 Å². The van der Waals surface area contributed by atoms with Crippen LogP contribution in [0.25, 0.3) is 0 Å². The van der Waals surface area contributed by atoms with Gasteiger partial charge in [0.05, 0.1) is 12.0 Å². The maximum atomic E-state index is 12.9. The van der Waals surface area contributed by atoms with E-state index in [-0.39, 0.29) is 18.5 Å². The number of halogens is 8. The normalized spacial score (nSPS) is 13.9. The van der Waals surface area contributed by atoms with Crippen molar-refractivity contribution in [2.75, 3.05) is 0 Å². The molecule has 0 amide bonds. The van der Waals surface area contributed by atoms with Crippen molar-refractivity contribution in [3.63, 3.8) is 0 Å². The molecular formula is C10H9ClF7N. The van der Waals surface area contributed by atoms with Crippen LogP contribution in [-0.4, -0.2) is 6.18 Å². The molecule has 0 spiro atoms. The summed E-state index contributed by atoms with van der Waals surface area (Å²) in [5, 5.41) is 0. The Labute approximate surface area is 110 Å². The second-order valence-corrected chi connectivity index (χ2v) is 3.70. The van der Waals surface area contributed by atoms with Gasteiger partial charge in [-0.05, 0) is 23.8 Å². The number of benzene rings is 1. The van der Waals surface area contributed by atoms with Crippen molar-refractivity contribution < 1.29 is 30.7 Å². The van der Waals surface area contributed by atoms with E-state index in [1.165, 1.54) is 0 Å². The van der Waals surface area contributed by atoms with Crippen LogP contribution >= 0.6 is 12.4 Å². The zero-order valence-corrected chi connectivity index (χ0v) is 9.96. The third-order valence-corrected chi connectivity index (χ3v) is 2.13. The second-order valence-electron chi connectivity index (χ2n) is 3.70. The molecule has 19 heavy (non-hydrogen) atoms. The largest absolute Gasteiger partial charge is 0.416 e. The summed E-state index contributed by atoms with van der Waals surface area (Å²) in [5.41, 5.74) is 3.20. The molecule has 0 heterocycles. The van der Waals surface area contributed by atoms with Crippen LogP contribution in [0.4, 0.5) is 30.7 Å². The average Bonchev–Trinajstić information content (AvgIpc) is 2.12. The van der Waals surface area contributed by atoms with Gasteiger partial charge >= 0.3 is 12.4 Å². The van der Waals surface area contributed by atoms with E-state index in [1.54, 1.807) is 0 Å². The molecule has 0 aliphatic carbocycles. The molecule has 0 aliphatic heterocycles. The minimum Gasteiger partial charge on any atom is -0.324 e. The topological polar surface area (TPSA) is 26.0 Å². The van der Waals surface area contributed by atoms with Gasteiger partial charge in [-0.3, -0.25) is 0 Å². The van der Waals surface area contributed by atoms with Crippen molar-refractivity contribution >= 4 is 12.4 Å². The molecule has 0 radical (unpaired) electrons. The molecule has 1 nitrogen and oxygen atoms in total. The maximum Gasteiger partial charge on any atom is 0.416 e. The summed E-state index contributed by atoms with van der Waals surface area (Å²) in [5.74, 6) is -1.28. The molecule has 9 heteroatoms. The van der Waals surface area contributed by atoms with Gasteiger partial charge in [0.1, 0.15) is 5.82 Å². The van der Waals surface area contributed by atoms with Crippen LogP contribution in [-0.2, 0) is 6.18 Å². The maximum absolute atomic E-state index is 12.9. The van der Waals surface area contributed by atoms with E-state index in [0.29, 0.717) is 12.1 Å². The number of hydrogen-bond donors (Lipinski definition) is 1. The van der Waals surface area contributed by atoms with Gasteiger partial charge in [-0.15, -0.1) is 12.4 Å². The molecule has 0 aromatic heterocycles. The zero-order valence-electron chi connectivity index (χ0n) is 9.15. The number of nitrogens with two attached hydrogens (primary N) is 1. The molecular weight excluding hydrogens is 303 g/mol. The first kappa shape index (κ1) is 18.0. The van der Waals surface area contributed by atoms with Gasteiger partial charge in [-0.2, -0.15) is 26.3 Å². The first-order valence-electron chi connectivity index (χ1n) is 4.69. The van der Waals surface area contributed by atoms with Gasteiger partial charge < -0.3 is 5.73 Å².